The number of nitrogens with zero attached hydrogens (tertiary/aromatic N) is 2. The summed E-state index contributed by atoms with van der Waals surface area (Å²) in [6.45, 7) is 2.83. The number of nitrogens with one attached hydrogen (secondary N) is 1. The summed E-state index contributed by atoms with van der Waals surface area (Å²) in [6.07, 6.45) is 7.16. The first-order chi connectivity index (χ1) is 12.0. The Morgan fingerprint density at radius 1 is 1.28 bits per heavy atom. The standard InChI is InChI=1S/C18H25N3O3S/c1-3-14-8-9-17(24-2)18(12-14)25(22,23)20-10-11-21-16-7-5-4-6-15(16)13-19-21/h8-9,12-13,20H,3-7,10-11H2,1-2H3. The third-order valence-electron chi connectivity index (χ3n) is 4.69. The molecule has 2 aromatic rings. The maximum absolute atomic E-state index is 12.7. The average molecular weight is 363 g/mol. The molecule has 1 heterocycles. The van der Waals surface area contributed by atoms with Gasteiger partial charge in [0.1, 0.15) is 10.6 Å². The summed E-state index contributed by atoms with van der Waals surface area (Å²) in [6, 6.07) is 5.27. The van der Waals surface area contributed by atoms with Gasteiger partial charge in [0.2, 0.25) is 10.0 Å². The minimum Gasteiger partial charge on any atom is -0.495 e. The van der Waals surface area contributed by atoms with Crippen LogP contribution in [-0.4, -0.2) is 31.9 Å². The zero-order valence-electron chi connectivity index (χ0n) is 14.8. The molecule has 1 aliphatic carbocycles. The Bertz CT molecular complexity index is 843. The summed E-state index contributed by atoms with van der Waals surface area (Å²) in [5, 5.41) is 4.41. The van der Waals surface area contributed by atoms with E-state index in [9.17, 15) is 8.42 Å². The molecule has 1 aromatic heterocycles. The monoisotopic (exact) mass is 363 g/mol. The topological polar surface area (TPSA) is 73.2 Å². The average Bonchev–Trinajstić information content (AvgIpc) is 3.04. The van der Waals surface area contributed by atoms with E-state index in [4.69, 9.17) is 4.74 Å². The first kappa shape index (κ1) is 17.9. The van der Waals surface area contributed by atoms with Gasteiger partial charge in [0, 0.05) is 12.2 Å². The second kappa shape index (κ2) is 7.58. The molecule has 7 heteroatoms. The SMILES string of the molecule is CCc1ccc(OC)c(S(=O)(=O)NCCn2ncc3c2CCCC3)c1. The van der Waals surface area contributed by atoms with Gasteiger partial charge < -0.3 is 4.74 Å². The second-order valence-corrected chi connectivity index (χ2v) is 8.02. The van der Waals surface area contributed by atoms with Gasteiger partial charge in [-0.15, -0.1) is 0 Å². The smallest absolute Gasteiger partial charge is 0.244 e. The molecule has 3 rings (SSSR count). The lowest BCUT2D eigenvalue weighted by Crippen LogP contribution is -2.28. The van der Waals surface area contributed by atoms with Crippen molar-refractivity contribution in [3.8, 4) is 5.75 Å². The van der Waals surface area contributed by atoms with Gasteiger partial charge in [-0.3, -0.25) is 4.68 Å². The van der Waals surface area contributed by atoms with Crippen LogP contribution in [0.25, 0.3) is 0 Å². The van der Waals surface area contributed by atoms with Crippen molar-refractivity contribution in [2.75, 3.05) is 13.7 Å². The number of hydrogen-bond donors (Lipinski definition) is 1. The molecule has 0 amide bonds. The zero-order valence-corrected chi connectivity index (χ0v) is 15.6. The third-order valence-corrected chi connectivity index (χ3v) is 6.17. The molecule has 0 spiro atoms. The quantitative estimate of drug-likeness (QED) is 0.819. The van der Waals surface area contributed by atoms with Crippen LogP contribution in [0.4, 0.5) is 0 Å². The molecule has 0 atom stereocenters. The van der Waals surface area contributed by atoms with E-state index in [2.05, 4.69) is 9.82 Å². The van der Waals surface area contributed by atoms with E-state index in [1.165, 1.54) is 31.2 Å². The van der Waals surface area contributed by atoms with Crippen molar-refractivity contribution in [3.63, 3.8) is 0 Å². The fourth-order valence-electron chi connectivity index (χ4n) is 3.26. The van der Waals surface area contributed by atoms with E-state index < -0.39 is 10.0 Å². The lowest BCUT2D eigenvalue weighted by Gasteiger charge is -2.15. The van der Waals surface area contributed by atoms with E-state index in [-0.39, 0.29) is 4.90 Å². The highest BCUT2D eigenvalue weighted by Crippen LogP contribution is 2.25. The van der Waals surface area contributed by atoms with E-state index >= 15 is 0 Å². The van der Waals surface area contributed by atoms with Gasteiger partial charge in [-0.2, -0.15) is 5.10 Å². The van der Waals surface area contributed by atoms with Crippen LogP contribution in [0.15, 0.2) is 29.3 Å². The highest BCUT2D eigenvalue weighted by atomic mass is 32.2. The molecule has 6 nitrogen and oxygen atoms in total. The molecule has 25 heavy (non-hydrogen) atoms. The van der Waals surface area contributed by atoms with Gasteiger partial charge in [0.05, 0.1) is 19.9 Å². The number of aryl methyl sites for hydroxylation is 2. The van der Waals surface area contributed by atoms with E-state index in [0.717, 1.165) is 24.8 Å². The number of rotatable bonds is 7. The Morgan fingerprint density at radius 2 is 2.08 bits per heavy atom. The summed E-state index contributed by atoms with van der Waals surface area (Å²) in [5.74, 6) is 0.362. The van der Waals surface area contributed by atoms with Crippen molar-refractivity contribution in [1.82, 2.24) is 14.5 Å². The number of aromatic nitrogens is 2. The molecule has 0 fully saturated rings. The molecule has 1 aliphatic rings. The maximum Gasteiger partial charge on any atom is 0.244 e. The predicted molar refractivity (Wildman–Crippen MR) is 96.4 cm³/mol. The van der Waals surface area contributed by atoms with Crippen LogP contribution in [0.2, 0.25) is 0 Å². The highest BCUT2D eigenvalue weighted by Gasteiger charge is 2.20. The Labute approximate surface area is 149 Å². The van der Waals surface area contributed by atoms with Gasteiger partial charge >= 0.3 is 0 Å². The molecule has 0 saturated carbocycles. The van der Waals surface area contributed by atoms with Crippen LogP contribution in [0.3, 0.4) is 0 Å². The Kier molecular flexibility index (Phi) is 5.44. The lowest BCUT2D eigenvalue weighted by molar-refractivity contribution is 0.402. The minimum atomic E-state index is -3.63. The largest absolute Gasteiger partial charge is 0.495 e. The third kappa shape index (κ3) is 3.88. The van der Waals surface area contributed by atoms with Crippen LogP contribution in [-0.2, 0) is 35.8 Å². The molecule has 0 bridgehead atoms. The Morgan fingerprint density at radius 3 is 2.84 bits per heavy atom. The minimum absolute atomic E-state index is 0.192. The summed E-state index contributed by atoms with van der Waals surface area (Å²) in [5.41, 5.74) is 3.50. The number of methoxy groups -OCH3 is 1. The zero-order chi connectivity index (χ0) is 17.9. The Hall–Kier alpha value is -1.86. The van der Waals surface area contributed by atoms with Gasteiger partial charge in [-0.05, 0) is 55.4 Å². The number of fused-ring (bicyclic) bond motifs is 1. The summed E-state index contributed by atoms with van der Waals surface area (Å²) in [4.78, 5) is 0.192. The summed E-state index contributed by atoms with van der Waals surface area (Å²) < 4.78 is 35.2. The van der Waals surface area contributed by atoms with Crippen LogP contribution < -0.4 is 9.46 Å². The fourth-order valence-corrected chi connectivity index (χ4v) is 4.50. The van der Waals surface area contributed by atoms with Crippen molar-refractivity contribution in [3.05, 3.63) is 41.2 Å². The first-order valence-corrected chi connectivity index (χ1v) is 10.2. The number of ether oxygens (including phenoxy) is 1. The lowest BCUT2D eigenvalue weighted by atomic mass is 9.98. The van der Waals surface area contributed by atoms with Crippen LogP contribution in [0.1, 0.15) is 36.6 Å². The van der Waals surface area contributed by atoms with E-state index in [1.807, 2.05) is 23.9 Å². The second-order valence-electron chi connectivity index (χ2n) is 6.28. The maximum atomic E-state index is 12.7. The summed E-state index contributed by atoms with van der Waals surface area (Å²) in [7, 11) is -2.14. The molecule has 0 unspecified atom stereocenters. The predicted octanol–water partition coefficient (Wildman–Crippen LogP) is 2.31. The van der Waals surface area contributed by atoms with Crippen molar-refractivity contribution >= 4 is 10.0 Å². The van der Waals surface area contributed by atoms with Crippen molar-refractivity contribution < 1.29 is 13.2 Å². The number of hydrogen-bond acceptors (Lipinski definition) is 4. The van der Waals surface area contributed by atoms with Gasteiger partial charge in [0.25, 0.3) is 0 Å². The molecular formula is C18H25N3O3S. The van der Waals surface area contributed by atoms with E-state index in [1.54, 1.807) is 12.1 Å². The first-order valence-electron chi connectivity index (χ1n) is 8.75. The molecular weight excluding hydrogens is 338 g/mol. The number of sulfonamides is 1. The van der Waals surface area contributed by atoms with Crippen LogP contribution >= 0.6 is 0 Å². The van der Waals surface area contributed by atoms with E-state index in [0.29, 0.717) is 18.8 Å². The van der Waals surface area contributed by atoms with Crippen LogP contribution in [0, 0.1) is 0 Å². The van der Waals surface area contributed by atoms with Crippen molar-refractivity contribution in [2.45, 2.75) is 50.5 Å². The molecule has 136 valence electrons. The number of benzene rings is 1. The molecule has 1 N–H and O–H groups in total. The fraction of sp³-hybridized carbons (Fsp3) is 0.500. The molecule has 1 aromatic carbocycles. The van der Waals surface area contributed by atoms with Crippen molar-refractivity contribution in [1.29, 1.82) is 0 Å². The van der Waals surface area contributed by atoms with Gasteiger partial charge in [-0.1, -0.05) is 13.0 Å². The van der Waals surface area contributed by atoms with Crippen molar-refractivity contribution in [2.24, 2.45) is 0 Å². The normalized spacial score (nSPS) is 14.3. The highest BCUT2D eigenvalue weighted by molar-refractivity contribution is 7.89. The molecule has 0 radical (unpaired) electrons. The van der Waals surface area contributed by atoms with Gasteiger partial charge in [0.15, 0.2) is 0 Å². The summed E-state index contributed by atoms with van der Waals surface area (Å²) >= 11 is 0. The molecule has 0 aliphatic heterocycles. The van der Waals surface area contributed by atoms with Crippen LogP contribution in [0.5, 0.6) is 5.75 Å². The Balaban J connectivity index is 1.71. The van der Waals surface area contributed by atoms with Gasteiger partial charge in [-0.25, -0.2) is 13.1 Å². The molecule has 0 saturated heterocycles.